The van der Waals surface area contributed by atoms with Crippen LogP contribution >= 0.6 is 11.3 Å². The van der Waals surface area contributed by atoms with Crippen LogP contribution in [-0.4, -0.2) is 22.1 Å². The van der Waals surface area contributed by atoms with Crippen molar-refractivity contribution in [2.75, 3.05) is 5.32 Å². The second-order valence-electron chi connectivity index (χ2n) is 3.01. The first-order chi connectivity index (χ1) is 6.63. The van der Waals surface area contributed by atoms with Gasteiger partial charge in [0, 0.05) is 0 Å². The molecule has 0 aliphatic rings. The third-order valence-corrected chi connectivity index (χ3v) is 2.45. The Morgan fingerprint density at radius 3 is 2.86 bits per heavy atom. The highest BCUT2D eigenvalue weighted by Crippen LogP contribution is 2.13. The minimum absolute atomic E-state index is 0.192. The zero-order valence-electron chi connectivity index (χ0n) is 8.28. The van der Waals surface area contributed by atoms with Gasteiger partial charge in [0.1, 0.15) is 5.01 Å². The van der Waals surface area contributed by atoms with Gasteiger partial charge in [0.2, 0.25) is 11.0 Å². The summed E-state index contributed by atoms with van der Waals surface area (Å²) in [5.41, 5.74) is 5.63. The standard InChI is InChI=1S/C8H14N4OS/c1-3-4-6(9)7(13)10-8-12-11-5(2)14-8/h6H,3-4,9H2,1-2H3,(H,10,12,13). The molecule has 6 heteroatoms. The van der Waals surface area contributed by atoms with Crippen molar-refractivity contribution in [2.45, 2.75) is 32.7 Å². The minimum atomic E-state index is -0.454. The van der Waals surface area contributed by atoms with Crippen LogP contribution in [0.5, 0.6) is 0 Å². The molecule has 0 aromatic carbocycles. The van der Waals surface area contributed by atoms with E-state index in [0.29, 0.717) is 11.6 Å². The Bertz CT molecular complexity index is 312. The fourth-order valence-corrected chi connectivity index (χ4v) is 1.58. The maximum absolute atomic E-state index is 11.4. The van der Waals surface area contributed by atoms with Gasteiger partial charge < -0.3 is 5.73 Å². The molecule has 1 aromatic heterocycles. The maximum atomic E-state index is 11.4. The lowest BCUT2D eigenvalue weighted by Gasteiger charge is -2.08. The molecule has 3 N–H and O–H groups in total. The Hall–Kier alpha value is -1.01. The van der Waals surface area contributed by atoms with Crippen LogP contribution in [0.3, 0.4) is 0 Å². The van der Waals surface area contributed by atoms with Crippen molar-refractivity contribution in [1.29, 1.82) is 0 Å². The van der Waals surface area contributed by atoms with E-state index in [9.17, 15) is 4.79 Å². The summed E-state index contributed by atoms with van der Waals surface area (Å²) in [6.07, 6.45) is 1.58. The molecule has 1 aromatic rings. The van der Waals surface area contributed by atoms with Gasteiger partial charge in [-0.25, -0.2) is 0 Å². The van der Waals surface area contributed by atoms with Crippen molar-refractivity contribution in [1.82, 2.24) is 10.2 Å². The van der Waals surface area contributed by atoms with Crippen molar-refractivity contribution < 1.29 is 4.79 Å². The summed E-state index contributed by atoms with van der Waals surface area (Å²) in [4.78, 5) is 11.4. The second-order valence-corrected chi connectivity index (χ2v) is 4.19. The molecule has 0 aliphatic carbocycles. The lowest BCUT2D eigenvalue weighted by atomic mass is 10.2. The summed E-state index contributed by atoms with van der Waals surface area (Å²) < 4.78 is 0. The van der Waals surface area contributed by atoms with Gasteiger partial charge in [0.15, 0.2) is 0 Å². The number of rotatable bonds is 4. The third kappa shape index (κ3) is 3.04. The van der Waals surface area contributed by atoms with Crippen LogP contribution in [0.4, 0.5) is 5.13 Å². The predicted octanol–water partition coefficient (Wildman–Crippen LogP) is 0.912. The minimum Gasteiger partial charge on any atom is -0.320 e. The van der Waals surface area contributed by atoms with Gasteiger partial charge in [0.25, 0.3) is 0 Å². The van der Waals surface area contributed by atoms with E-state index in [-0.39, 0.29) is 5.91 Å². The monoisotopic (exact) mass is 214 g/mol. The Morgan fingerprint density at radius 2 is 2.36 bits per heavy atom. The normalized spacial score (nSPS) is 12.5. The van der Waals surface area contributed by atoms with E-state index < -0.39 is 6.04 Å². The van der Waals surface area contributed by atoms with Crippen LogP contribution in [-0.2, 0) is 4.79 Å². The molecule has 14 heavy (non-hydrogen) atoms. The van der Waals surface area contributed by atoms with Gasteiger partial charge in [-0.3, -0.25) is 10.1 Å². The highest BCUT2D eigenvalue weighted by Gasteiger charge is 2.13. The molecule has 1 atom stereocenters. The third-order valence-electron chi connectivity index (χ3n) is 1.69. The number of nitrogens with two attached hydrogens (primary N) is 1. The fraction of sp³-hybridized carbons (Fsp3) is 0.625. The number of amides is 1. The molecule has 1 rings (SSSR count). The van der Waals surface area contributed by atoms with Crippen LogP contribution in [0, 0.1) is 6.92 Å². The maximum Gasteiger partial charge on any atom is 0.243 e. The summed E-state index contributed by atoms with van der Waals surface area (Å²) in [6.45, 7) is 3.82. The first kappa shape index (κ1) is 11.1. The van der Waals surface area contributed by atoms with Crippen molar-refractivity contribution >= 4 is 22.4 Å². The van der Waals surface area contributed by atoms with Gasteiger partial charge in [-0.05, 0) is 13.3 Å². The highest BCUT2D eigenvalue weighted by molar-refractivity contribution is 7.15. The molecule has 1 unspecified atom stereocenters. The summed E-state index contributed by atoms with van der Waals surface area (Å²) in [5, 5.41) is 11.5. The molecule has 0 radical (unpaired) electrons. The largest absolute Gasteiger partial charge is 0.320 e. The molecular weight excluding hydrogens is 200 g/mol. The molecule has 0 aliphatic heterocycles. The van der Waals surface area contributed by atoms with Gasteiger partial charge in [-0.1, -0.05) is 24.7 Å². The van der Waals surface area contributed by atoms with Crippen LogP contribution in [0.1, 0.15) is 24.8 Å². The molecule has 0 bridgehead atoms. The van der Waals surface area contributed by atoms with E-state index in [1.54, 1.807) is 0 Å². The molecule has 1 heterocycles. The Labute approximate surface area is 86.7 Å². The summed E-state index contributed by atoms with van der Waals surface area (Å²) >= 11 is 1.34. The van der Waals surface area contributed by atoms with Gasteiger partial charge in [-0.15, -0.1) is 10.2 Å². The molecule has 1 amide bonds. The predicted molar refractivity (Wildman–Crippen MR) is 56.2 cm³/mol. The molecule has 0 saturated heterocycles. The van der Waals surface area contributed by atoms with E-state index in [1.807, 2.05) is 13.8 Å². The van der Waals surface area contributed by atoms with E-state index in [0.717, 1.165) is 11.4 Å². The zero-order chi connectivity index (χ0) is 10.6. The van der Waals surface area contributed by atoms with Crippen LogP contribution in [0.25, 0.3) is 0 Å². The Balaban J connectivity index is 2.48. The fourth-order valence-electron chi connectivity index (χ4n) is 0.987. The zero-order valence-corrected chi connectivity index (χ0v) is 9.10. The molecule has 0 fully saturated rings. The lowest BCUT2D eigenvalue weighted by Crippen LogP contribution is -2.35. The number of nitrogens with zero attached hydrogens (tertiary/aromatic N) is 2. The van der Waals surface area contributed by atoms with Crippen LogP contribution in [0.15, 0.2) is 0 Å². The topological polar surface area (TPSA) is 80.9 Å². The van der Waals surface area contributed by atoms with E-state index >= 15 is 0 Å². The van der Waals surface area contributed by atoms with Gasteiger partial charge in [-0.2, -0.15) is 0 Å². The lowest BCUT2D eigenvalue weighted by molar-refractivity contribution is -0.117. The molecule has 78 valence electrons. The smallest absolute Gasteiger partial charge is 0.243 e. The van der Waals surface area contributed by atoms with Crippen LogP contribution < -0.4 is 11.1 Å². The average molecular weight is 214 g/mol. The van der Waals surface area contributed by atoms with Crippen molar-refractivity contribution in [2.24, 2.45) is 5.73 Å². The summed E-state index contributed by atoms with van der Waals surface area (Å²) in [7, 11) is 0. The number of carbonyl (C=O) groups is 1. The Kier molecular flexibility index (Phi) is 3.97. The van der Waals surface area contributed by atoms with Gasteiger partial charge >= 0.3 is 0 Å². The van der Waals surface area contributed by atoms with E-state index in [2.05, 4.69) is 15.5 Å². The van der Waals surface area contributed by atoms with E-state index in [4.69, 9.17) is 5.73 Å². The summed E-state index contributed by atoms with van der Waals surface area (Å²) in [6, 6.07) is -0.454. The first-order valence-electron chi connectivity index (χ1n) is 4.50. The number of anilines is 1. The van der Waals surface area contributed by atoms with Crippen molar-refractivity contribution in [3.8, 4) is 0 Å². The van der Waals surface area contributed by atoms with E-state index in [1.165, 1.54) is 11.3 Å². The molecular formula is C8H14N4OS. The first-order valence-corrected chi connectivity index (χ1v) is 5.31. The SMILES string of the molecule is CCCC(N)C(=O)Nc1nnc(C)s1. The number of nitrogens with one attached hydrogen (secondary N) is 1. The highest BCUT2D eigenvalue weighted by atomic mass is 32.1. The second kappa shape index (κ2) is 5.02. The Morgan fingerprint density at radius 1 is 1.64 bits per heavy atom. The van der Waals surface area contributed by atoms with Gasteiger partial charge in [0.05, 0.1) is 6.04 Å². The number of aryl methyl sites for hydroxylation is 1. The number of hydrogen-bond donors (Lipinski definition) is 2. The molecule has 5 nitrogen and oxygen atoms in total. The average Bonchev–Trinajstić information content (AvgIpc) is 2.51. The van der Waals surface area contributed by atoms with Crippen molar-refractivity contribution in [3.05, 3.63) is 5.01 Å². The number of hydrogen-bond acceptors (Lipinski definition) is 5. The quantitative estimate of drug-likeness (QED) is 0.780. The molecule has 0 saturated carbocycles. The van der Waals surface area contributed by atoms with Crippen molar-refractivity contribution in [3.63, 3.8) is 0 Å². The number of aromatic nitrogens is 2. The van der Waals surface area contributed by atoms with Crippen LogP contribution in [0.2, 0.25) is 0 Å². The molecule has 0 spiro atoms. The summed E-state index contributed by atoms with van der Waals surface area (Å²) in [5.74, 6) is -0.192. The number of carbonyl (C=O) groups excluding carboxylic acids is 1.